The normalized spacial score (nSPS) is 16.7. The predicted molar refractivity (Wildman–Crippen MR) is 81.4 cm³/mol. The Balaban J connectivity index is 2.02. The van der Waals surface area contributed by atoms with Crippen LogP contribution >= 0.6 is 0 Å². The fourth-order valence-corrected chi connectivity index (χ4v) is 2.51. The molecule has 19 heavy (non-hydrogen) atoms. The predicted octanol–water partition coefficient (Wildman–Crippen LogP) is 3.06. The van der Waals surface area contributed by atoms with Gasteiger partial charge in [-0.25, -0.2) is 0 Å². The minimum Gasteiger partial charge on any atom is -0.371 e. The largest absolute Gasteiger partial charge is 0.371 e. The monoisotopic (exact) mass is 261 g/mol. The van der Waals surface area contributed by atoms with Crippen molar-refractivity contribution in [3.05, 3.63) is 24.0 Å². The second-order valence-corrected chi connectivity index (χ2v) is 6.22. The standard InChI is InChI=1S/C16H27N3/c1-12(2)9-18-11-15-10-17-8-7-16(15)19(4)13(3)14-5-6-14/h7-8,10,12-14,18H,5-6,9,11H2,1-4H3. The molecule has 2 rings (SSSR count). The van der Waals surface area contributed by atoms with E-state index >= 15 is 0 Å². The Bertz CT molecular complexity index is 399. The van der Waals surface area contributed by atoms with Crippen LogP contribution in [0.1, 0.15) is 39.2 Å². The first kappa shape index (κ1) is 14.3. The molecular weight excluding hydrogens is 234 g/mol. The quantitative estimate of drug-likeness (QED) is 0.817. The van der Waals surface area contributed by atoms with Gasteiger partial charge in [0.25, 0.3) is 0 Å². The summed E-state index contributed by atoms with van der Waals surface area (Å²) in [7, 11) is 2.21. The summed E-state index contributed by atoms with van der Waals surface area (Å²) in [5, 5.41) is 3.51. The minimum absolute atomic E-state index is 0.631. The lowest BCUT2D eigenvalue weighted by Crippen LogP contribution is -2.32. The highest BCUT2D eigenvalue weighted by Gasteiger charge is 2.31. The molecule has 0 spiro atoms. The fourth-order valence-electron chi connectivity index (χ4n) is 2.51. The van der Waals surface area contributed by atoms with Crippen molar-refractivity contribution in [3.8, 4) is 0 Å². The summed E-state index contributed by atoms with van der Waals surface area (Å²) < 4.78 is 0. The van der Waals surface area contributed by atoms with Crippen LogP contribution in [0.2, 0.25) is 0 Å². The maximum absolute atomic E-state index is 4.28. The summed E-state index contributed by atoms with van der Waals surface area (Å²) in [6.07, 6.45) is 6.67. The molecule has 0 bridgehead atoms. The molecule has 0 saturated heterocycles. The van der Waals surface area contributed by atoms with E-state index in [1.165, 1.54) is 24.1 Å². The Morgan fingerprint density at radius 2 is 2.11 bits per heavy atom. The average molecular weight is 261 g/mol. The number of hydrogen-bond acceptors (Lipinski definition) is 3. The average Bonchev–Trinajstić information content (AvgIpc) is 3.21. The lowest BCUT2D eigenvalue weighted by Gasteiger charge is -2.29. The van der Waals surface area contributed by atoms with Crippen molar-refractivity contribution >= 4 is 5.69 Å². The van der Waals surface area contributed by atoms with Gasteiger partial charge in [-0.1, -0.05) is 13.8 Å². The van der Waals surface area contributed by atoms with Gasteiger partial charge in [0.1, 0.15) is 0 Å². The third-order valence-corrected chi connectivity index (χ3v) is 4.04. The lowest BCUT2D eigenvalue weighted by atomic mass is 10.1. The molecule has 106 valence electrons. The van der Waals surface area contributed by atoms with Gasteiger partial charge in [0.05, 0.1) is 0 Å². The Morgan fingerprint density at radius 3 is 2.74 bits per heavy atom. The van der Waals surface area contributed by atoms with E-state index in [0.29, 0.717) is 12.0 Å². The fraction of sp³-hybridized carbons (Fsp3) is 0.688. The summed E-state index contributed by atoms with van der Waals surface area (Å²) in [6, 6.07) is 2.77. The Hall–Kier alpha value is -1.09. The molecule has 0 radical (unpaired) electrons. The van der Waals surface area contributed by atoms with Crippen molar-refractivity contribution in [3.63, 3.8) is 0 Å². The zero-order valence-electron chi connectivity index (χ0n) is 12.7. The number of pyridine rings is 1. The maximum atomic E-state index is 4.28. The van der Waals surface area contributed by atoms with Crippen LogP contribution in [0.15, 0.2) is 18.5 Å². The second-order valence-electron chi connectivity index (χ2n) is 6.22. The summed E-state index contributed by atoms with van der Waals surface area (Å²) in [4.78, 5) is 6.70. The molecule has 0 aromatic carbocycles. The van der Waals surface area contributed by atoms with Crippen LogP contribution in [0.3, 0.4) is 0 Å². The van der Waals surface area contributed by atoms with E-state index in [-0.39, 0.29) is 0 Å². The van der Waals surface area contributed by atoms with E-state index in [9.17, 15) is 0 Å². The van der Waals surface area contributed by atoms with Gasteiger partial charge in [0, 0.05) is 43.3 Å². The van der Waals surface area contributed by atoms with Crippen molar-refractivity contribution in [2.24, 2.45) is 11.8 Å². The van der Waals surface area contributed by atoms with Crippen LogP contribution in [-0.4, -0.2) is 24.6 Å². The van der Waals surface area contributed by atoms with Crippen LogP contribution in [-0.2, 0) is 6.54 Å². The van der Waals surface area contributed by atoms with Crippen LogP contribution < -0.4 is 10.2 Å². The molecular formula is C16H27N3. The van der Waals surface area contributed by atoms with Gasteiger partial charge >= 0.3 is 0 Å². The van der Waals surface area contributed by atoms with Gasteiger partial charge in [-0.3, -0.25) is 4.98 Å². The van der Waals surface area contributed by atoms with E-state index in [1.54, 1.807) is 0 Å². The number of aromatic nitrogens is 1. The van der Waals surface area contributed by atoms with Gasteiger partial charge in [0.2, 0.25) is 0 Å². The third kappa shape index (κ3) is 3.93. The molecule has 1 fully saturated rings. The van der Waals surface area contributed by atoms with Crippen molar-refractivity contribution < 1.29 is 0 Å². The van der Waals surface area contributed by atoms with Crippen LogP contribution in [0.4, 0.5) is 5.69 Å². The molecule has 1 aromatic rings. The number of rotatable bonds is 7. The first-order chi connectivity index (χ1) is 9.09. The first-order valence-corrected chi connectivity index (χ1v) is 7.46. The first-order valence-electron chi connectivity index (χ1n) is 7.46. The van der Waals surface area contributed by atoms with E-state index in [0.717, 1.165) is 19.0 Å². The highest BCUT2D eigenvalue weighted by Crippen LogP contribution is 2.36. The SMILES string of the molecule is CC(C)CNCc1cnccc1N(C)C(C)C1CC1. The van der Waals surface area contributed by atoms with Crippen molar-refractivity contribution in [2.45, 2.75) is 46.2 Å². The zero-order chi connectivity index (χ0) is 13.8. The van der Waals surface area contributed by atoms with E-state index in [4.69, 9.17) is 0 Å². The molecule has 1 aromatic heterocycles. The van der Waals surface area contributed by atoms with Gasteiger partial charge in [-0.15, -0.1) is 0 Å². The molecule has 3 heteroatoms. The number of anilines is 1. The smallest absolute Gasteiger partial charge is 0.0442 e. The van der Waals surface area contributed by atoms with Gasteiger partial charge in [-0.05, 0) is 44.2 Å². The number of hydrogen-bond donors (Lipinski definition) is 1. The molecule has 1 unspecified atom stereocenters. The van der Waals surface area contributed by atoms with Crippen molar-refractivity contribution in [1.29, 1.82) is 0 Å². The summed E-state index contributed by atoms with van der Waals surface area (Å²) in [5.41, 5.74) is 2.63. The molecule has 1 aliphatic rings. The van der Waals surface area contributed by atoms with Crippen LogP contribution in [0.25, 0.3) is 0 Å². The van der Waals surface area contributed by atoms with Crippen molar-refractivity contribution in [1.82, 2.24) is 10.3 Å². The molecule has 1 N–H and O–H groups in total. The lowest BCUT2D eigenvalue weighted by molar-refractivity contribution is 0.549. The number of nitrogens with one attached hydrogen (secondary N) is 1. The molecule has 1 saturated carbocycles. The van der Waals surface area contributed by atoms with Gasteiger partial charge in [0.15, 0.2) is 0 Å². The minimum atomic E-state index is 0.631. The molecule has 0 aliphatic heterocycles. The van der Waals surface area contributed by atoms with Crippen LogP contribution in [0, 0.1) is 11.8 Å². The molecule has 0 amide bonds. The molecule has 1 aliphatic carbocycles. The summed E-state index contributed by atoms with van der Waals surface area (Å²) in [6.45, 7) is 8.76. The Kier molecular flexibility index (Phi) is 4.81. The molecule has 1 atom stereocenters. The highest BCUT2D eigenvalue weighted by atomic mass is 15.1. The molecule has 1 heterocycles. The van der Waals surface area contributed by atoms with Gasteiger partial charge in [-0.2, -0.15) is 0 Å². The van der Waals surface area contributed by atoms with E-state index < -0.39 is 0 Å². The van der Waals surface area contributed by atoms with Gasteiger partial charge < -0.3 is 10.2 Å². The zero-order valence-corrected chi connectivity index (χ0v) is 12.7. The molecule has 3 nitrogen and oxygen atoms in total. The van der Waals surface area contributed by atoms with E-state index in [2.05, 4.69) is 49.1 Å². The number of nitrogens with zero attached hydrogens (tertiary/aromatic N) is 2. The van der Waals surface area contributed by atoms with E-state index in [1.807, 2.05) is 12.4 Å². The third-order valence-electron chi connectivity index (χ3n) is 4.04. The van der Waals surface area contributed by atoms with Crippen LogP contribution in [0.5, 0.6) is 0 Å². The topological polar surface area (TPSA) is 28.2 Å². The second kappa shape index (κ2) is 6.38. The highest BCUT2D eigenvalue weighted by molar-refractivity contribution is 5.52. The van der Waals surface area contributed by atoms with Crippen molar-refractivity contribution in [2.75, 3.05) is 18.5 Å². The summed E-state index contributed by atoms with van der Waals surface area (Å²) in [5.74, 6) is 1.57. The summed E-state index contributed by atoms with van der Waals surface area (Å²) >= 11 is 0. The maximum Gasteiger partial charge on any atom is 0.0442 e. The Labute approximate surface area is 117 Å². The Morgan fingerprint density at radius 1 is 1.37 bits per heavy atom.